The van der Waals surface area contributed by atoms with E-state index < -0.39 is 0 Å². The highest BCUT2D eigenvalue weighted by Crippen LogP contribution is 2.17. The quantitative estimate of drug-likeness (QED) is 0.760. The lowest BCUT2D eigenvalue weighted by Gasteiger charge is -2.05. The summed E-state index contributed by atoms with van der Waals surface area (Å²) >= 11 is 1.56. The van der Waals surface area contributed by atoms with Crippen molar-refractivity contribution in [1.29, 1.82) is 0 Å². The summed E-state index contributed by atoms with van der Waals surface area (Å²) in [5, 5.41) is 14.5. The van der Waals surface area contributed by atoms with Crippen LogP contribution in [0.5, 0.6) is 5.75 Å². The van der Waals surface area contributed by atoms with E-state index in [0.717, 1.165) is 16.2 Å². The molecule has 1 amide bonds. The van der Waals surface area contributed by atoms with Crippen LogP contribution in [-0.4, -0.2) is 20.4 Å². The van der Waals surface area contributed by atoms with Gasteiger partial charge in [0.25, 0.3) is 0 Å². The standard InChI is InChI=1S/C15H15N3O2S/c19-13-4-2-1-3-11(13)5-6-14(20)16-9-12-10-18-7-8-21-15(18)17-12/h1-4,7-8,10,19H,5-6,9H2,(H,16,20). The average Bonchev–Trinajstić information content (AvgIpc) is 3.05. The van der Waals surface area contributed by atoms with Crippen molar-refractivity contribution in [2.75, 3.05) is 0 Å². The second kappa shape index (κ2) is 5.97. The minimum Gasteiger partial charge on any atom is -0.508 e. The third kappa shape index (κ3) is 3.22. The summed E-state index contributed by atoms with van der Waals surface area (Å²) in [7, 11) is 0. The molecule has 0 aliphatic heterocycles. The summed E-state index contributed by atoms with van der Waals surface area (Å²) in [4.78, 5) is 17.2. The third-order valence-electron chi connectivity index (χ3n) is 3.22. The molecule has 6 heteroatoms. The van der Waals surface area contributed by atoms with Crippen molar-refractivity contribution >= 4 is 22.2 Å². The molecule has 3 rings (SSSR count). The monoisotopic (exact) mass is 301 g/mol. The van der Waals surface area contributed by atoms with Crippen LogP contribution in [0.25, 0.3) is 4.96 Å². The molecular weight excluding hydrogens is 286 g/mol. The van der Waals surface area contributed by atoms with E-state index in [0.29, 0.717) is 19.4 Å². The molecule has 1 aromatic carbocycles. The van der Waals surface area contributed by atoms with E-state index >= 15 is 0 Å². The van der Waals surface area contributed by atoms with Gasteiger partial charge < -0.3 is 10.4 Å². The molecule has 3 aromatic rings. The summed E-state index contributed by atoms with van der Waals surface area (Å²) in [6, 6.07) is 7.07. The fraction of sp³-hybridized carbons (Fsp3) is 0.200. The Balaban J connectivity index is 1.50. The second-order valence-electron chi connectivity index (χ2n) is 4.73. The van der Waals surface area contributed by atoms with Gasteiger partial charge in [-0.15, -0.1) is 11.3 Å². The molecular formula is C15H15N3O2S. The first-order valence-corrected chi connectivity index (χ1v) is 7.55. The van der Waals surface area contributed by atoms with Gasteiger partial charge in [0.2, 0.25) is 5.91 Å². The van der Waals surface area contributed by atoms with E-state index in [4.69, 9.17) is 0 Å². The van der Waals surface area contributed by atoms with Crippen LogP contribution >= 0.6 is 11.3 Å². The van der Waals surface area contributed by atoms with Crippen LogP contribution < -0.4 is 5.32 Å². The molecule has 5 nitrogen and oxygen atoms in total. The van der Waals surface area contributed by atoms with Gasteiger partial charge in [0, 0.05) is 24.2 Å². The Hall–Kier alpha value is -2.34. The van der Waals surface area contributed by atoms with E-state index in [9.17, 15) is 9.90 Å². The Bertz CT molecular complexity index is 734. The van der Waals surface area contributed by atoms with Gasteiger partial charge in [-0.2, -0.15) is 0 Å². The Labute approximate surface area is 125 Å². The molecule has 0 saturated carbocycles. The number of nitrogens with one attached hydrogen (secondary N) is 1. The van der Waals surface area contributed by atoms with Crippen molar-refractivity contribution in [2.24, 2.45) is 0 Å². The zero-order chi connectivity index (χ0) is 14.7. The number of thiazole rings is 1. The van der Waals surface area contributed by atoms with E-state index in [1.54, 1.807) is 23.5 Å². The predicted molar refractivity (Wildman–Crippen MR) is 81.3 cm³/mol. The molecule has 21 heavy (non-hydrogen) atoms. The second-order valence-corrected chi connectivity index (χ2v) is 5.60. The van der Waals surface area contributed by atoms with Crippen LogP contribution in [0.1, 0.15) is 17.7 Å². The number of hydrogen-bond donors (Lipinski definition) is 2. The van der Waals surface area contributed by atoms with Gasteiger partial charge in [-0.3, -0.25) is 9.20 Å². The average molecular weight is 301 g/mol. The van der Waals surface area contributed by atoms with Crippen LogP contribution in [0.15, 0.2) is 42.0 Å². The lowest BCUT2D eigenvalue weighted by molar-refractivity contribution is -0.121. The number of benzene rings is 1. The van der Waals surface area contributed by atoms with E-state index in [1.165, 1.54) is 0 Å². The molecule has 0 radical (unpaired) electrons. The summed E-state index contributed by atoms with van der Waals surface area (Å²) in [6.07, 6.45) is 4.72. The number of para-hydroxylation sites is 1. The van der Waals surface area contributed by atoms with Gasteiger partial charge in [-0.1, -0.05) is 18.2 Å². The Morgan fingerprint density at radius 3 is 3.05 bits per heavy atom. The fourth-order valence-corrected chi connectivity index (χ4v) is 2.83. The predicted octanol–water partition coefficient (Wildman–Crippen LogP) is 2.35. The Kier molecular flexibility index (Phi) is 3.87. The van der Waals surface area contributed by atoms with Crippen molar-refractivity contribution in [1.82, 2.24) is 14.7 Å². The van der Waals surface area contributed by atoms with Crippen molar-refractivity contribution in [2.45, 2.75) is 19.4 Å². The molecule has 0 fully saturated rings. The minimum atomic E-state index is -0.0467. The number of rotatable bonds is 5. The van der Waals surface area contributed by atoms with Gasteiger partial charge in [0.15, 0.2) is 4.96 Å². The van der Waals surface area contributed by atoms with Crippen LogP contribution in [0.2, 0.25) is 0 Å². The maximum absolute atomic E-state index is 11.8. The first kappa shape index (κ1) is 13.6. The van der Waals surface area contributed by atoms with Gasteiger partial charge in [0.1, 0.15) is 5.75 Å². The summed E-state index contributed by atoms with van der Waals surface area (Å²) < 4.78 is 1.94. The minimum absolute atomic E-state index is 0.0467. The number of fused-ring (bicyclic) bond motifs is 1. The van der Waals surface area contributed by atoms with Crippen LogP contribution in [0.3, 0.4) is 0 Å². The van der Waals surface area contributed by atoms with Crippen LogP contribution in [-0.2, 0) is 17.8 Å². The van der Waals surface area contributed by atoms with Crippen molar-refractivity contribution < 1.29 is 9.90 Å². The number of amides is 1. The topological polar surface area (TPSA) is 66.6 Å². The number of phenols is 1. The first-order valence-electron chi connectivity index (χ1n) is 6.67. The summed E-state index contributed by atoms with van der Waals surface area (Å²) in [5.74, 6) is 0.189. The zero-order valence-electron chi connectivity index (χ0n) is 11.3. The smallest absolute Gasteiger partial charge is 0.220 e. The van der Waals surface area contributed by atoms with Crippen molar-refractivity contribution in [3.63, 3.8) is 0 Å². The Morgan fingerprint density at radius 2 is 2.24 bits per heavy atom. The number of carbonyl (C=O) groups is 1. The molecule has 0 atom stereocenters. The Morgan fingerprint density at radius 1 is 1.38 bits per heavy atom. The molecule has 0 aliphatic rings. The van der Waals surface area contributed by atoms with Crippen molar-refractivity contribution in [3.8, 4) is 5.75 Å². The maximum Gasteiger partial charge on any atom is 0.220 e. The molecule has 108 valence electrons. The van der Waals surface area contributed by atoms with Gasteiger partial charge in [0.05, 0.1) is 12.2 Å². The zero-order valence-corrected chi connectivity index (χ0v) is 12.1. The number of aromatic nitrogens is 2. The highest BCUT2D eigenvalue weighted by atomic mass is 32.1. The lowest BCUT2D eigenvalue weighted by atomic mass is 10.1. The van der Waals surface area contributed by atoms with Crippen molar-refractivity contribution in [3.05, 3.63) is 53.3 Å². The van der Waals surface area contributed by atoms with Gasteiger partial charge in [-0.05, 0) is 18.1 Å². The number of imidazole rings is 1. The van der Waals surface area contributed by atoms with Crippen LogP contribution in [0, 0.1) is 0 Å². The summed E-state index contributed by atoms with van der Waals surface area (Å²) in [5.41, 5.74) is 1.63. The summed E-state index contributed by atoms with van der Waals surface area (Å²) in [6.45, 7) is 0.425. The highest BCUT2D eigenvalue weighted by Gasteiger charge is 2.07. The molecule has 0 spiro atoms. The van der Waals surface area contributed by atoms with Gasteiger partial charge >= 0.3 is 0 Å². The third-order valence-corrected chi connectivity index (χ3v) is 3.99. The highest BCUT2D eigenvalue weighted by molar-refractivity contribution is 7.15. The first-order chi connectivity index (χ1) is 10.2. The number of aryl methyl sites for hydroxylation is 1. The van der Waals surface area contributed by atoms with Crippen LogP contribution in [0.4, 0.5) is 0 Å². The molecule has 2 heterocycles. The van der Waals surface area contributed by atoms with E-state index in [2.05, 4.69) is 10.3 Å². The SMILES string of the molecule is O=C(CCc1ccccc1O)NCc1cn2ccsc2n1. The lowest BCUT2D eigenvalue weighted by Crippen LogP contribution is -2.23. The van der Waals surface area contributed by atoms with E-state index in [1.807, 2.05) is 34.3 Å². The fourth-order valence-electron chi connectivity index (χ4n) is 2.11. The number of hydrogen-bond acceptors (Lipinski definition) is 4. The van der Waals surface area contributed by atoms with E-state index in [-0.39, 0.29) is 11.7 Å². The number of aromatic hydroxyl groups is 1. The number of carbonyl (C=O) groups excluding carboxylic acids is 1. The molecule has 2 N–H and O–H groups in total. The number of nitrogens with zero attached hydrogens (tertiary/aromatic N) is 2. The van der Waals surface area contributed by atoms with Gasteiger partial charge in [-0.25, -0.2) is 4.98 Å². The molecule has 0 bridgehead atoms. The number of phenolic OH excluding ortho intramolecular Hbond substituents is 1. The normalized spacial score (nSPS) is 10.9. The molecule has 0 unspecified atom stereocenters. The maximum atomic E-state index is 11.8. The molecule has 0 aliphatic carbocycles. The largest absolute Gasteiger partial charge is 0.508 e. The molecule has 2 aromatic heterocycles. The molecule has 0 saturated heterocycles.